The van der Waals surface area contributed by atoms with Crippen molar-refractivity contribution >= 4 is 0 Å². The average molecular weight is 179 g/mol. The van der Waals surface area contributed by atoms with Gasteiger partial charge in [-0.15, -0.1) is 0 Å². The molecule has 0 aromatic carbocycles. The molecule has 1 aliphatic rings. The number of hydroxylamine groups is 2. The fraction of sp³-hybridized carbons (Fsp3) is 0.455. The van der Waals surface area contributed by atoms with E-state index < -0.39 is 0 Å². The van der Waals surface area contributed by atoms with Gasteiger partial charge in [0.05, 0.1) is 6.54 Å². The van der Waals surface area contributed by atoms with Crippen LogP contribution >= 0.6 is 0 Å². The second-order valence-electron chi connectivity index (χ2n) is 3.27. The molecule has 0 aromatic rings. The number of nitrogens with zero attached hydrogens (tertiary/aromatic N) is 1. The number of rotatable bonds is 4. The van der Waals surface area contributed by atoms with Gasteiger partial charge in [0.2, 0.25) is 0 Å². The van der Waals surface area contributed by atoms with Crippen molar-refractivity contribution in [2.45, 2.75) is 26.7 Å². The van der Waals surface area contributed by atoms with Crippen LogP contribution < -0.4 is 0 Å². The predicted molar refractivity (Wildman–Crippen MR) is 54.7 cm³/mol. The molecule has 0 aromatic heterocycles. The van der Waals surface area contributed by atoms with Gasteiger partial charge >= 0.3 is 0 Å². The van der Waals surface area contributed by atoms with E-state index >= 15 is 0 Å². The summed E-state index contributed by atoms with van der Waals surface area (Å²) >= 11 is 0. The van der Waals surface area contributed by atoms with Gasteiger partial charge < -0.3 is 4.84 Å². The average Bonchev–Trinajstić information content (AvgIpc) is 2.15. The van der Waals surface area contributed by atoms with Crippen molar-refractivity contribution in [3.8, 4) is 0 Å². The van der Waals surface area contributed by atoms with E-state index in [1.807, 2.05) is 24.3 Å². The summed E-state index contributed by atoms with van der Waals surface area (Å²) in [5.41, 5.74) is 2.21. The van der Waals surface area contributed by atoms with Gasteiger partial charge in [-0.3, -0.25) is 0 Å². The van der Waals surface area contributed by atoms with Crippen LogP contribution in [0.1, 0.15) is 26.7 Å². The van der Waals surface area contributed by atoms with Crippen molar-refractivity contribution in [2.24, 2.45) is 0 Å². The van der Waals surface area contributed by atoms with Crippen molar-refractivity contribution in [1.29, 1.82) is 0 Å². The highest BCUT2D eigenvalue weighted by atomic mass is 16.7. The zero-order chi connectivity index (χ0) is 9.68. The van der Waals surface area contributed by atoms with Crippen LogP contribution in [0.2, 0.25) is 0 Å². The molecule has 0 bridgehead atoms. The van der Waals surface area contributed by atoms with Crippen molar-refractivity contribution in [2.75, 3.05) is 6.54 Å². The minimum atomic E-state index is 0.942. The summed E-state index contributed by atoms with van der Waals surface area (Å²) in [4.78, 5) is 5.30. The van der Waals surface area contributed by atoms with E-state index in [0.717, 1.165) is 24.1 Å². The van der Waals surface area contributed by atoms with Gasteiger partial charge in [-0.05, 0) is 30.6 Å². The number of hydrogen-bond acceptors (Lipinski definition) is 2. The molecule has 0 saturated heterocycles. The second-order valence-corrected chi connectivity index (χ2v) is 3.27. The molecule has 0 spiro atoms. The summed E-state index contributed by atoms with van der Waals surface area (Å²) in [6, 6.07) is 0. The molecule has 0 atom stereocenters. The van der Waals surface area contributed by atoms with Gasteiger partial charge in [-0.25, -0.2) is 5.06 Å². The van der Waals surface area contributed by atoms with Gasteiger partial charge in [-0.2, -0.15) is 0 Å². The van der Waals surface area contributed by atoms with Gasteiger partial charge in [-0.1, -0.05) is 19.9 Å². The first kappa shape index (κ1) is 9.90. The van der Waals surface area contributed by atoms with Crippen LogP contribution in [-0.2, 0) is 4.84 Å². The molecular formula is C11H17NO. The summed E-state index contributed by atoms with van der Waals surface area (Å²) < 4.78 is 0. The van der Waals surface area contributed by atoms with Crippen molar-refractivity contribution in [3.05, 3.63) is 36.3 Å². The van der Waals surface area contributed by atoms with Crippen molar-refractivity contribution in [1.82, 2.24) is 5.06 Å². The Bertz CT molecular complexity index is 240. The topological polar surface area (TPSA) is 12.5 Å². The lowest BCUT2D eigenvalue weighted by molar-refractivity contribution is -0.0610. The maximum atomic E-state index is 5.30. The minimum Gasteiger partial charge on any atom is -0.388 e. The first-order valence-electron chi connectivity index (χ1n) is 4.71. The Labute approximate surface area is 80.1 Å². The lowest BCUT2D eigenvalue weighted by Crippen LogP contribution is -2.19. The monoisotopic (exact) mass is 179 g/mol. The standard InChI is InChI=1S/C11H17NO/c1-4-5-7-12-9-11(10(2)3)6-8-13-12/h6,8-9H,2,4-5,7H2,1,3H3. The molecule has 0 unspecified atom stereocenters. The summed E-state index contributed by atoms with van der Waals surface area (Å²) in [5, 5.41) is 1.85. The van der Waals surface area contributed by atoms with Gasteiger partial charge in [0.15, 0.2) is 0 Å². The number of hydrogen-bond donors (Lipinski definition) is 0. The van der Waals surface area contributed by atoms with Crippen LogP contribution in [-0.4, -0.2) is 11.6 Å². The predicted octanol–water partition coefficient (Wildman–Crippen LogP) is 3.01. The van der Waals surface area contributed by atoms with Gasteiger partial charge in [0.25, 0.3) is 0 Å². The third-order valence-electron chi connectivity index (χ3n) is 1.95. The Morgan fingerprint density at radius 1 is 1.62 bits per heavy atom. The third kappa shape index (κ3) is 2.98. The van der Waals surface area contributed by atoms with E-state index in [9.17, 15) is 0 Å². The van der Waals surface area contributed by atoms with Crippen LogP contribution in [0.15, 0.2) is 36.3 Å². The van der Waals surface area contributed by atoms with E-state index in [2.05, 4.69) is 13.5 Å². The zero-order valence-electron chi connectivity index (χ0n) is 8.42. The Morgan fingerprint density at radius 2 is 2.38 bits per heavy atom. The van der Waals surface area contributed by atoms with Crippen LogP contribution in [0.3, 0.4) is 0 Å². The molecule has 0 saturated carbocycles. The zero-order valence-corrected chi connectivity index (χ0v) is 8.42. The Hall–Kier alpha value is -1.18. The fourth-order valence-corrected chi connectivity index (χ4v) is 1.09. The number of unbranched alkanes of at least 4 members (excludes halogenated alkanes) is 1. The first-order chi connectivity index (χ1) is 6.24. The summed E-state index contributed by atoms with van der Waals surface area (Å²) in [5.74, 6) is 0. The summed E-state index contributed by atoms with van der Waals surface area (Å²) in [6.07, 6.45) is 7.97. The number of allylic oxidation sites excluding steroid dienone is 3. The quantitative estimate of drug-likeness (QED) is 0.657. The molecule has 2 nitrogen and oxygen atoms in total. The van der Waals surface area contributed by atoms with Crippen LogP contribution in [0.4, 0.5) is 0 Å². The van der Waals surface area contributed by atoms with E-state index in [1.165, 1.54) is 6.42 Å². The minimum absolute atomic E-state index is 0.942. The van der Waals surface area contributed by atoms with Crippen LogP contribution in [0.25, 0.3) is 0 Å². The molecule has 2 heteroatoms. The van der Waals surface area contributed by atoms with Crippen molar-refractivity contribution < 1.29 is 4.84 Å². The van der Waals surface area contributed by atoms with Gasteiger partial charge in [0, 0.05) is 6.20 Å². The Balaban J connectivity index is 2.51. The molecule has 0 amide bonds. The molecule has 0 radical (unpaired) electrons. The molecule has 13 heavy (non-hydrogen) atoms. The van der Waals surface area contributed by atoms with Crippen LogP contribution in [0, 0.1) is 0 Å². The normalized spacial score (nSPS) is 15.2. The van der Waals surface area contributed by atoms with E-state index in [1.54, 1.807) is 6.26 Å². The highest BCUT2D eigenvalue weighted by Gasteiger charge is 2.05. The third-order valence-corrected chi connectivity index (χ3v) is 1.95. The Morgan fingerprint density at radius 3 is 3.00 bits per heavy atom. The molecule has 1 rings (SSSR count). The lowest BCUT2D eigenvalue weighted by Gasteiger charge is -2.22. The maximum absolute atomic E-state index is 5.30. The summed E-state index contributed by atoms with van der Waals surface area (Å²) in [7, 11) is 0. The SMILES string of the molecule is C=C(C)C1=CN(CCCC)OC=C1. The molecule has 0 fully saturated rings. The van der Waals surface area contributed by atoms with E-state index in [4.69, 9.17) is 4.84 Å². The summed E-state index contributed by atoms with van der Waals surface area (Å²) in [6.45, 7) is 9.00. The molecule has 1 aliphatic heterocycles. The van der Waals surface area contributed by atoms with Crippen LogP contribution in [0.5, 0.6) is 0 Å². The highest BCUT2D eigenvalue weighted by Crippen LogP contribution is 2.15. The maximum Gasteiger partial charge on any atom is 0.120 e. The second kappa shape index (κ2) is 4.75. The lowest BCUT2D eigenvalue weighted by atomic mass is 10.1. The molecular weight excluding hydrogens is 162 g/mol. The van der Waals surface area contributed by atoms with Gasteiger partial charge in [0.1, 0.15) is 6.26 Å². The molecule has 72 valence electrons. The molecule has 0 aliphatic carbocycles. The van der Waals surface area contributed by atoms with Crippen molar-refractivity contribution in [3.63, 3.8) is 0 Å². The smallest absolute Gasteiger partial charge is 0.120 e. The van der Waals surface area contributed by atoms with E-state index in [-0.39, 0.29) is 0 Å². The largest absolute Gasteiger partial charge is 0.388 e. The van der Waals surface area contributed by atoms with E-state index in [0.29, 0.717) is 0 Å². The molecule has 1 heterocycles. The fourth-order valence-electron chi connectivity index (χ4n) is 1.09. The molecule has 0 N–H and O–H groups in total. The first-order valence-corrected chi connectivity index (χ1v) is 4.71. The Kier molecular flexibility index (Phi) is 3.62. The highest BCUT2D eigenvalue weighted by molar-refractivity contribution is 5.36.